The van der Waals surface area contributed by atoms with Gasteiger partial charge in [0.1, 0.15) is 0 Å². The van der Waals surface area contributed by atoms with Crippen LogP contribution in [0.5, 0.6) is 0 Å². The molecule has 5 aromatic rings. The van der Waals surface area contributed by atoms with Crippen molar-refractivity contribution in [1.29, 1.82) is 0 Å². The molecule has 0 radical (unpaired) electrons. The van der Waals surface area contributed by atoms with Crippen LogP contribution in [0, 0.1) is 0 Å². The van der Waals surface area contributed by atoms with Gasteiger partial charge in [0, 0.05) is 45.7 Å². The minimum absolute atomic E-state index is 0.00896. The second-order valence-electron chi connectivity index (χ2n) is 8.42. The zero-order chi connectivity index (χ0) is 29.7. The lowest BCUT2D eigenvalue weighted by atomic mass is 10.1. The number of anilines is 4. The number of amides is 2. The first-order valence-corrected chi connectivity index (χ1v) is 16.6. The highest BCUT2D eigenvalue weighted by molar-refractivity contribution is 7.93. The molecule has 0 aliphatic carbocycles. The van der Waals surface area contributed by atoms with E-state index >= 15 is 0 Å². The van der Waals surface area contributed by atoms with Crippen molar-refractivity contribution in [1.82, 2.24) is 9.97 Å². The van der Waals surface area contributed by atoms with Crippen LogP contribution in [-0.4, -0.2) is 38.6 Å². The maximum atomic E-state index is 12.7. The van der Waals surface area contributed by atoms with E-state index in [0.717, 1.165) is 22.7 Å². The van der Waals surface area contributed by atoms with Crippen molar-refractivity contribution < 1.29 is 26.4 Å². The normalized spacial score (nSPS) is 11.4. The number of thiazole rings is 2. The molecule has 5 rings (SSSR count). The Morgan fingerprint density at radius 3 is 1.21 bits per heavy atom. The number of hydrogen-bond acceptors (Lipinski definition) is 10. The van der Waals surface area contributed by atoms with Crippen molar-refractivity contribution in [2.24, 2.45) is 0 Å². The van der Waals surface area contributed by atoms with Crippen LogP contribution in [0.25, 0.3) is 0 Å². The highest BCUT2D eigenvalue weighted by atomic mass is 32.2. The predicted molar refractivity (Wildman–Crippen MR) is 161 cm³/mol. The Hall–Kier alpha value is -4.64. The first kappa shape index (κ1) is 28.9. The Morgan fingerprint density at radius 1 is 0.548 bits per heavy atom. The molecule has 2 heterocycles. The largest absolute Gasteiger partial charge is 0.322 e. The van der Waals surface area contributed by atoms with Gasteiger partial charge in [0.2, 0.25) is 0 Å². The molecule has 0 spiro atoms. The zero-order valence-corrected chi connectivity index (χ0v) is 24.5. The average Bonchev–Trinajstić information content (AvgIpc) is 3.68. The van der Waals surface area contributed by atoms with Gasteiger partial charge in [-0.3, -0.25) is 19.0 Å². The predicted octanol–water partition coefficient (Wildman–Crippen LogP) is 4.71. The molecule has 0 unspecified atom stereocenters. The van der Waals surface area contributed by atoms with Crippen molar-refractivity contribution in [3.8, 4) is 0 Å². The van der Waals surface area contributed by atoms with Gasteiger partial charge in [-0.25, -0.2) is 26.8 Å². The molecular weight excluding hydrogens is 621 g/mol. The van der Waals surface area contributed by atoms with Gasteiger partial charge in [-0.05, 0) is 72.8 Å². The second kappa shape index (κ2) is 12.1. The number of nitrogens with one attached hydrogen (secondary N) is 4. The Bertz CT molecular complexity index is 1770. The maximum Gasteiger partial charge on any atom is 0.263 e. The third-order valence-electron chi connectivity index (χ3n) is 5.56. The van der Waals surface area contributed by atoms with Gasteiger partial charge in [-0.1, -0.05) is 0 Å². The van der Waals surface area contributed by atoms with Gasteiger partial charge in [-0.2, -0.15) is 0 Å². The molecule has 214 valence electrons. The minimum Gasteiger partial charge on any atom is -0.322 e. The fourth-order valence-corrected chi connectivity index (χ4v) is 7.09. The SMILES string of the molecule is O=C(Nc1ccc(S(=O)(=O)Nc2nccs2)cc1)c1ccc(C(=O)Nc2ccc(S(=O)(=O)Nc3nccs3)cc2)cc1. The van der Waals surface area contributed by atoms with Crippen LogP contribution in [0.1, 0.15) is 20.7 Å². The van der Waals surface area contributed by atoms with E-state index in [0.29, 0.717) is 11.4 Å². The Labute approximate surface area is 248 Å². The van der Waals surface area contributed by atoms with E-state index in [2.05, 4.69) is 30.0 Å². The second-order valence-corrected chi connectivity index (χ2v) is 13.6. The number of aromatic nitrogens is 2. The minimum atomic E-state index is -3.82. The molecule has 3 aromatic carbocycles. The summed E-state index contributed by atoms with van der Waals surface area (Å²) < 4.78 is 54.6. The summed E-state index contributed by atoms with van der Waals surface area (Å²) >= 11 is 2.30. The lowest BCUT2D eigenvalue weighted by molar-refractivity contribution is 0.101. The van der Waals surface area contributed by atoms with Crippen LogP contribution in [0.2, 0.25) is 0 Å². The van der Waals surface area contributed by atoms with Crippen LogP contribution in [0.15, 0.2) is 106 Å². The molecule has 2 amide bonds. The molecule has 16 heteroatoms. The van der Waals surface area contributed by atoms with Gasteiger partial charge in [-0.15, -0.1) is 22.7 Å². The lowest BCUT2D eigenvalue weighted by Crippen LogP contribution is -2.15. The van der Waals surface area contributed by atoms with E-state index in [1.807, 2.05) is 0 Å². The fourth-order valence-electron chi connectivity index (χ4n) is 3.51. The standard InChI is InChI=1S/C26H20N6O6S4/c33-23(29-19-5-9-21(10-6-19)41(35,36)31-25-27-13-15-39-25)17-1-2-18(4-3-17)24(34)30-20-7-11-22(12-8-20)42(37,38)32-26-28-14-16-40-26/h1-16H,(H,27,31)(H,28,32)(H,29,33)(H,30,34). The zero-order valence-electron chi connectivity index (χ0n) is 21.2. The summed E-state index contributed by atoms with van der Waals surface area (Å²) in [6.07, 6.45) is 2.97. The molecule has 12 nitrogen and oxygen atoms in total. The lowest BCUT2D eigenvalue weighted by Gasteiger charge is -2.09. The van der Waals surface area contributed by atoms with E-state index in [1.54, 1.807) is 10.8 Å². The van der Waals surface area contributed by atoms with Crippen molar-refractivity contribution in [3.63, 3.8) is 0 Å². The Balaban J connectivity index is 1.17. The third-order valence-corrected chi connectivity index (χ3v) is 9.91. The number of carbonyl (C=O) groups excluding carboxylic acids is 2. The molecule has 0 aliphatic rings. The number of sulfonamides is 2. The number of carbonyl (C=O) groups is 2. The van der Waals surface area contributed by atoms with Crippen molar-refractivity contribution in [2.75, 3.05) is 20.1 Å². The van der Waals surface area contributed by atoms with Crippen LogP contribution >= 0.6 is 22.7 Å². The van der Waals surface area contributed by atoms with E-state index in [-0.39, 0.29) is 31.2 Å². The van der Waals surface area contributed by atoms with Crippen LogP contribution in [0.4, 0.5) is 21.6 Å². The third kappa shape index (κ3) is 6.98. The molecule has 0 saturated heterocycles. The van der Waals surface area contributed by atoms with E-state index in [4.69, 9.17) is 0 Å². The smallest absolute Gasteiger partial charge is 0.263 e. The van der Waals surface area contributed by atoms with Crippen molar-refractivity contribution in [3.05, 3.63) is 107 Å². The summed E-state index contributed by atoms with van der Waals surface area (Å²) in [6.45, 7) is 0. The number of hydrogen-bond donors (Lipinski definition) is 4. The summed E-state index contributed by atoms with van der Waals surface area (Å²) in [5.74, 6) is -0.914. The number of nitrogens with zero attached hydrogens (tertiary/aromatic N) is 2. The molecule has 42 heavy (non-hydrogen) atoms. The molecule has 0 fully saturated rings. The highest BCUT2D eigenvalue weighted by Crippen LogP contribution is 2.22. The quantitative estimate of drug-likeness (QED) is 0.170. The van der Waals surface area contributed by atoms with Gasteiger partial charge >= 0.3 is 0 Å². The van der Waals surface area contributed by atoms with Crippen LogP contribution in [0.3, 0.4) is 0 Å². The summed E-state index contributed by atoms with van der Waals surface area (Å²) in [6, 6.07) is 17.2. The average molecular weight is 641 g/mol. The number of benzene rings is 3. The van der Waals surface area contributed by atoms with Crippen LogP contribution in [-0.2, 0) is 20.0 Å². The number of rotatable bonds is 10. The molecule has 0 saturated carbocycles. The van der Waals surface area contributed by atoms with Gasteiger partial charge in [0.05, 0.1) is 9.79 Å². The summed E-state index contributed by atoms with van der Waals surface area (Å²) in [4.78, 5) is 33.2. The summed E-state index contributed by atoms with van der Waals surface area (Å²) in [7, 11) is -7.64. The fraction of sp³-hybridized carbons (Fsp3) is 0. The molecule has 2 aromatic heterocycles. The Kier molecular flexibility index (Phi) is 8.30. The summed E-state index contributed by atoms with van der Waals surface area (Å²) in [5, 5.41) is 9.14. The first-order chi connectivity index (χ1) is 20.1. The molecule has 0 bridgehead atoms. The van der Waals surface area contributed by atoms with E-state index in [1.165, 1.54) is 85.2 Å². The monoisotopic (exact) mass is 640 g/mol. The van der Waals surface area contributed by atoms with E-state index in [9.17, 15) is 26.4 Å². The molecular formula is C26H20N6O6S4. The van der Waals surface area contributed by atoms with Crippen molar-refractivity contribution in [2.45, 2.75) is 9.79 Å². The van der Waals surface area contributed by atoms with Gasteiger partial charge < -0.3 is 10.6 Å². The van der Waals surface area contributed by atoms with Crippen LogP contribution < -0.4 is 20.1 Å². The van der Waals surface area contributed by atoms with E-state index < -0.39 is 31.9 Å². The molecule has 0 atom stereocenters. The maximum absolute atomic E-state index is 12.7. The highest BCUT2D eigenvalue weighted by Gasteiger charge is 2.17. The van der Waals surface area contributed by atoms with Gasteiger partial charge in [0.25, 0.3) is 31.9 Å². The molecule has 0 aliphatic heterocycles. The van der Waals surface area contributed by atoms with Crippen molar-refractivity contribution >= 4 is 76.2 Å². The topological polar surface area (TPSA) is 176 Å². The van der Waals surface area contributed by atoms with Gasteiger partial charge in [0.15, 0.2) is 10.3 Å². The Morgan fingerprint density at radius 2 is 0.905 bits per heavy atom. The summed E-state index contributed by atoms with van der Waals surface area (Å²) in [5.41, 5.74) is 1.30. The first-order valence-electron chi connectivity index (χ1n) is 11.9. The molecule has 4 N–H and O–H groups in total.